The summed E-state index contributed by atoms with van der Waals surface area (Å²) in [5, 5.41) is 25.8. The molecule has 0 aromatic rings. The second kappa shape index (κ2) is 12.3. The standard InChI is InChI=1S/C18H34N4O6/c1-9(2)6-12(22-17(26)15(19)11(5)23)16(25)20-8-14(24)21-13(18(27)28)7-10(3)4/h9-13,15,23H,6-8,19H2,1-5H3,(H,20,25)(H,21,24)(H,22,26)(H,27,28). The monoisotopic (exact) mass is 402 g/mol. The van der Waals surface area contributed by atoms with Gasteiger partial charge in [0, 0.05) is 0 Å². The van der Waals surface area contributed by atoms with Crippen LogP contribution in [0.5, 0.6) is 0 Å². The van der Waals surface area contributed by atoms with E-state index in [1.165, 1.54) is 6.92 Å². The SMILES string of the molecule is CC(C)CC(NC(=O)CNC(=O)C(CC(C)C)NC(=O)C(N)C(C)O)C(=O)O. The lowest BCUT2D eigenvalue weighted by molar-refractivity contribution is -0.142. The minimum absolute atomic E-state index is 0.0649. The van der Waals surface area contributed by atoms with E-state index in [0.29, 0.717) is 6.42 Å². The molecule has 0 rings (SSSR count). The van der Waals surface area contributed by atoms with Crippen molar-refractivity contribution in [1.82, 2.24) is 16.0 Å². The zero-order valence-electron chi connectivity index (χ0n) is 17.2. The van der Waals surface area contributed by atoms with Gasteiger partial charge in [-0.1, -0.05) is 27.7 Å². The molecule has 0 spiro atoms. The maximum Gasteiger partial charge on any atom is 0.326 e. The first-order valence-corrected chi connectivity index (χ1v) is 9.39. The van der Waals surface area contributed by atoms with Crippen molar-refractivity contribution in [2.75, 3.05) is 6.54 Å². The van der Waals surface area contributed by atoms with Gasteiger partial charge in [-0.2, -0.15) is 0 Å². The molecule has 7 N–H and O–H groups in total. The third-order valence-electron chi connectivity index (χ3n) is 3.93. The molecule has 4 unspecified atom stereocenters. The summed E-state index contributed by atoms with van der Waals surface area (Å²) in [5.74, 6) is -2.93. The molecule has 0 aromatic heterocycles. The fourth-order valence-electron chi connectivity index (χ4n) is 2.42. The van der Waals surface area contributed by atoms with E-state index in [4.69, 9.17) is 10.8 Å². The average Bonchev–Trinajstić information content (AvgIpc) is 2.56. The second-order valence-electron chi connectivity index (χ2n) is 7.76. The predicted molar refractivity (Wildman–Crippen MR) is 103 cm³/mol. The molecular weight excluding hydrogens is 368 g/mol. The lowest BCUT2D eigenvalue weighted by Crippen LogP contribution is -2.55. The van der Waals surface area contributed by atoms with Crippen molar-refractivity contribution in [3.05, 3.63) is 0 Å². The summed E-state index contributed by atoms with van der Waals surface area (Å²) < 4.78 is 0. The summed E-state index contributed by atoms with van der Waals surface area (Å²) in [6.07, 6.45) is -0.516. The lowest BCUT2D eigenvalue weighted by Gasteiger charge is -2.23. The number of rotatable bonds is 12. The van der Waals surface area contributed by atoms with Crippen molar-refractivity contribution in [3.8, 4) is 0 Å². The quantitative estimate of drug-likeness (QED) is 0.242. The molecule has 28 heavy (non-hydrogen) atoms. The Hall–Kier alpha value is -2.20. The number of carbonyl (C=O) groups excluding carboxylic acids is 3. The van der Waals surface area contributed by atoms with Gasteiger partial charge in [0.1, 0.15) is 18.1 Å². The first-order valence-electron chi connectivity index (χ1n) is 9.39. The maximum atomic E-state index is 12.4. The number of carbonyl (C=O) groups is 4. The van der Waals surface area contributed by atoms with E-state index in [9.17, 15) is 24.3 Å². The molecular formula is C18H34N4O6. The van der Waals surface area contributed by atoms with Gasteiger partial charge in [-0.25, -0.2) is 4.79 Å². The largest absolute Gasteiger partial charge is 0.480 e. The normalized spacial score (nSPS) is 15.5. The average molecular weight is 402 g/mol. The van der Waals surface area contributed by atoms with Gasteiger partial charge in [-0.05, 0) is 31.6 Å². The van der Waals surface area contributed by atoms with Crippen LogP contribution in [0.15, 0.2) is 0 Å². The molecule has 0 aliphatic rings. The van der Waals surface area contributed by atoms with Gasteiger partial charge >= 0.3 is 5.97 Å². The number of aliphatic hydroxyl groups is 1. The Kier molecular flexibility index (Phi) is 11.3. The van der Waals surface area contributed by atoms with Crippen LogP contribution in [0.4, 0.5) is 0 Å². The molecule has 10 heteroatoms. The number of carboxylic acid groups (broad SMARTS) is 1. The van der Waals surface area contributed by atoms with E-state index in [0.717, 1.165) is 0 Å². The lowest BCUT2D eigenvalue weighted by atomic mass is 10.0. The Balaban J connectivity index is 4.83. The molecule has 162 valence electrons. The molecule has 4 atom stereocenters. The Morgan fingerprint density at radius 3 is 1.79 bits per heavy atom. The number of amides is 3. The van der Waals surface area contributed by atoms with Crippen molar-refractivity contribution in [2.24, 2.45) is 17.6 Å². The highest BCUT2D eigenvalue weighted by molar-refractivity contribution is 5.92. The summed E-state index contributed by atoms with van der Waals surface area (Å²) in [6.45, 7) is 8.33. The number of aliphatic carboxylic acids is 1. The van der Waals surface area contributed by atoms with Crippen LogP contribution in [0.25, 0.3) is 0 Å². The van der Waals surface area contributed by atoms with Crippen molar-refractivity contribution in [3.63, 3.8) is 0 Å². The molecule has 0 saturated heterocycles. The molecule has 10 nitrogen and oxygen atoms in total. The van der Waals surface area contributed by atoms with Crippen LogP contribution in [0, 0.1) is 11.8 Å². The number of carboxylic acids is 1. The van der Waals surface area contributed by atoms with E-state index in [2.05, 4.69) is 16.0 Å². The topological polar surface area (TPSA) is 171 Å². The summed E-state index contributed by atoms with van der Waals surface area (Å²) in [5.41, 5.74) is 5.57. The zero-order valence-corrected chi connectivity index (χ0v) is 17.2. The minimum atomic E-state index is -1.18. The highest BCUT2D eigenvalue weighted by Crippen LogP contribution is 2.06. The predicted octanol–water partition coefficient (Wildman–Crippen LogP) is -1.04. The van der Waals surface area contributed by atoms with Crippen LogP contribution >= 0.6 is 0 Å². The highest BCUT2D eigenvalue weighted by atomic mass is 16.4. The number of nitrogens with two attached hydrogens (primary N) is 1. The molecule has 0 aliphatic heterocycles. The number of nitrogens with one attached hydrogen (secondary N) is 3. The van der Waals surface area contributed by atoms with Crippen LogP contribution < -0.4 is 21.7 Å². The molecule has 0 aromatic carbocycles. The zero-order chi connectivity index (χ0) is 22.0. The van der Waals surface area contributed by atoms with Gasteiger partial charge in [0.2, 0.25) is 17.7 Å². The Morgan fingerprint density at radius 1 is 0.857 bits per heavy atom. The maximum absolute atomic E-state index is 12.4. The fourth-order valence-corrected chi connectivity index (χ4v) is 2.42. The molecule has 0 heterocycles. The summed E-state index contributed by atoms with van der Waals surface area (Å²) in [6, 6.07) is -3.16. The van der Waals surface area contributed by atoms with E-state index in [1.54, 1.807) is 0 Å². The second-order valence-corrected chi connectivity index (χ2v) is 7.76. The molecule has 3 amide bonds. The van der Waals surface area contributed by atoms with E-state index >= 15 is 0 Å². The third kappa shape index (κ3) is 10.2. The van der Waals surface area contributed by atoms with E-state index in [-0.39, 0.29) is 18.3 Å². The molecule has 0 aliphatic carbocycles. The van der Waals surface area contributed by atoms with E-state index < -0.39 is 54.5 Å². The Bertz CT molecular complexity index is 550. The van der Waals surface area contributed by atoms with Crippen molar-refractivity contribution in [1.29, 1.82) is 0 Å². The highest BCUT2D eigenvalue weighted by Gasteiger charge is 2.27. The minimum Gasteiger partial charge on any atom is -0.480 e. The first kappa shape index (κ1) is 25.8. The van der Waals surface area contributed by atoms with Gasteiger partial charge in [0.05, 0.1) is 12.6 Å². The summed E-state index contributed by atoms with van der Waals surface area (Å²) >= 11 is 0. The van der Waals surface area contributed by atoms with Gasteiger partial charge < -0.3 is 31.9 Å². The first-order chi connectivity index (χ1) is 12.8. The van der Waals surface area contributed by atoms with Crippen molar-refractivity contribution < 1.29 is 29.4 Å². The van der Waals surface area contributed by atoms with Gasteiger partial charge in [-0.15, -0.1) is 0 Å². The summed E-state index contributed by atoms with van der Waals surface area (Å²) in [7, 11) is 0. The Morgan fingerprint density at radius 2 is 1.36 bits per heavy atom. The van der Waals surface area contributed by atoms with Gasteiger partial charge in [0.25, 0.3) is 0 Å². The van der Waals surface area contributed by atoms with E-state index in [1.807, 2.05) is 27.7 Å². The smallest absolute Gasteiger partial charge is 0.326 e. The summed E-state index contributed by atoms with van der Waals surface area (Å²) in [4.78, 5) is 47.6. The van der Waals surface area contributed by atoms with Crippen LogP contribution in [0.1, 0.15) is 47.5 Å². The molecule has 0 bridgehead atoms. The third-order valence-corrected chi connectivity index (χ3v) is 3.93. The molecule has 0 fully saturated rings. The van der Waals surface area contributed by atoms with Gasteiger partial charge in [0.15, 0.2) is 0 Å². The van der Waals surface area contributed by atoms with Crippen molar-refractivity contribution in [2.45, 2.75) is 71.7 Å². The van der Waals surface area contributed by atoms with Crippen LogP contribution in [-0.4, -0.2) is 64.7 Å². The van der Waals surface area contributed by atoms with Gasteiger partial charge in [-0.3, -0.25) is 14.4 Å². The van der Waals surface area contributed by atoms with Crippen LogP contribution in [-0.2, 0) is 19.2 Å². The number of hydrogen-bond acceptors (Lipinski definition) is 6. The number of hydrogen-bond donors (Lipinski definition) is 6. The Labute approximate surface area is 165 Å². The van der Waals surface area contributed by atoms with Crippen LogP contribution in [0.3, 0.4) is 0 Å². The molecule has 0 saturated carbocycles. The van der Waals surface area contributed by atoms with Crippen LogP contribution in [0.2, 0.25) is 0 Å². The molecule has 0 radical (unpaired) electrons. The fraction of sp³-hybridized carbons (Fsp3) is 0.778. The van der Waals surface area contributed by atoms with Crippen molar-refractivity contribution >= 4 is 23.7 Å². The number of aliphatic hydroxyl groups excluding tert-OH is 1.